The highest BCUT2D eigenvalue weighted by Gasteiger charge is 2.18. The minimum absolute atomic E-state index is 0.140. The molecule has 0 saturated carbocycles. The molecule has 3 aromatic rings. The minimum Gasteiger partial charge on any atom is -0.489 e. The second kappa shape index (κ2) is 6.14. The molecule has 0 amide bonds. The number of hydrogen-bond donors (Lipinski definition) is 1. The molecule has 2 aromatic carbocycles. The number of ether oxygens (including phenoxy) is 1. The van der Waals surface area contributed by atoms with Crippen LogP contribution in [0.3, 0.4) is 0 Å². The SMILES string of the molecule is Cc1oc2ccc(OCc3c(Cl)cccc3Cl)cc2c1C(=O)O. The first-order valence-corrected chi connectivity index (χ1v) is 7.55. The summed E-state index contributed by atoms with van der Waals surface area (Å²) < 4.78 is 11.1. The van der Waals surface area contributed by atoms with Crippen molar-refractivity contribution < 1.29 is 19.1 Å². The number of furan rings is 1. The van der Waals surface area contributed by atoms with Gasteiger partial charge < -0.3 is 14.3 Å². The minimum atomic E-state index is -1.03. The van der Waals surface area contributed by atoms with E-state index in [1.165, 1.54) is 0 Å². The molecule has 0 spiro atoms. The van der Waals surface area contributed by atoms with E-state index in [1.54, 1.807) is 43.3 Å². The number of halogens is 2. The van der Waals surface area contributed by atoms with Gasteiger partial charge in [0.2, 0.25) is 0 Å². The summed E-state index contributed by atoms with van der Waals surface area (Å²) in [6.07, 6.45) is 0. The van der Waals surface area contributed by atoms with Gasteiger partial charge in [0, 0.05) is 21.0 Å². The number of benzene rings is 2. The molecule has 0 aliphatic carbocycles. The Morgan fingerprint density at radius 3 is 2.57 bits per heavy atom. The Morgan fingerprint density at radius 2 is 1.91 bits per heavy atom. The van der Waals surface area contributed by atoms with Gasteiger partial charge in [-0.05, 0) is 37.3 Å². The quantitative estimate of drug-likeness (QED) is 0.691. The number of fused-ring (bicyclic) bond motifs is 1. The fourth-order valence-electron chi connectivity index (χ4n) is 2.38. The molecule has 1 N–H and O–H groups in total. The van der Waals surface area contributed by atoms with E-state index in [-0.39, 0.29) is 12.2 Å². The second-order valence-electron chi connectivity index (χ2n) is 4.99. The van der Waals surface area contributed by atoms with Crippen LogP contribution in [0.4, 0.5) is 0 Å². The second-order valence-corrected chi connectivity index (χ2v) is 5.80. The van der Waals surface area contributed by atoms with Gasteiger partial charge in [0.15, 0.2) is 0 Å². The normalized spacial score (nSPS) is 10.9. The Kier molecular flexibility index (Phi) is 4.20. The van der Waals surface area contributed by atoms with Gasteiger partial charge in [-0.15, -0.1) is 0 Å². The summed E-state index contributed by atoms with van der Waals surface area (Å²) >= 11 is 12.2. The predicted molar refractivity (Wildman–Crippen MR) is 88.7 cm³/mol. The first kappa shape index (κ1) is 15.7. The molecule has 0 fully saturated rings. The lowest BCUT2D eigenvalue weighted by Crippen LogP contribution is -1.98. The summed E-state index contributed by atoms with van der Waals surface area (Å²) in [6.45, 7) is 1.80. The summed E-state index contributed by atoms with van der Waals surface area (Å²) in [5, 5.41) is 10.8. The molecule has 4 nitrogen and oxygen atoms in total. The highest BCUT2D eigenvalue weighted by atomic mass is 35.5. The highest BCUT2D eigenvalue weighted by molar-refractivity contribution is 6.35. The molecule has 0 bridgehead atoms. The molecular formula is C17H12Cl2O4. The number of aryl methyl sites for hydroxylation is 1. The van der Waals surface area contributed by atoms with Crippen LogP contribution in [0.5, 0.6) is 5.75 Å². The highest BCUT2D eigenvalue weighted by Crippen LogP contribution is 2.30. The molecule has 23 heavy (non-hydrogen) atoms. The molecule has 118 valence electrons. The van der Waals surface area contributed by atoms with Gasteiger partial charge in [0.05, 0.1) is 0 Å². The zero-order chi connectivity index (χ0) is 16.6. The Morgan fingerprint density at radius 1 is 1.22 bits per heavy atom. The molecule has 1 aromatic heterocycles. The zero-order valence-corrected chi connectivity index (χ0v) is 13.6. The van der Waals surface area contributed by atoms with E-state index in [9.17, 15) is 9.90 Å². The Bertz CT molecular complexity index is 879. The molecule has 0 aliphatic rings. The van der Waals surface area contributed by atoms with E-state index in [0.717, 1.165) is 0 Å². The summed E-state index contributed by atoms with van der Waals surface area (Å²) in [6, 6.07) is 10.3. The number of hydrogen-bond acceptors (Lipinski definition) is 3. The third-order valence-corrected chi connectivity index (χ3v) is 4.20. The monoisotopic (exact) mass is 350 g/mol. The van der Waals surface area contributed by atoms with Crippen molar-refractivity contribution in [3.63, 3.8) is 0 Å². The van der Waals surface area contributed by atoms with E-state index in [2.05, 4.69) is 0 Å². The van der Waals surface area contributed by atoms with Gasteiger partial charge in [-0.1, -0.05) is 29.3 Å². The summed E-state index contributed by atoms with van der Waals surface area (Å²) in [7, 11) is 0. The van der Waals surface area contributed by atoms with Crippen molar-refractivity contribution in [3.05, 3.63) is 63.3 Å². The van der Waals surface area contributed by atoms with Crippen LogP contribution in [0.25, 0.3) is 11.0 Å². The van der Waals surface area contributed by atoms with Crippen LogP contribution in [0, 0.1) is 6.92 Å². The van der Waals surface area contributed by atoms with Gasteiger partial charge in [-0.25, -0.2) is 4.79 Å². The number of carbonyl (C=O) groups is 1. The maximum Gasteiger partial charge on any atom is 0.339 e. The van der Waals surface area contributed by atoms with Crippen molar-refractivity contribution >= 4 is 40.1 Å². The number of aromatic carboxylic acids is 1. The largest absolute Gasteiger partial charge is 0.489 e. The average molecular weight is 351 g/mol. The van der Waals surface area contributed by atoms with Gasteiger partial charge in [0.1, 0.15) is 29.3 Å². The molecule has 0 atom stereocenters. The van der Waals surface area contributed by atoms with E-state index in [1.807, 2.05) is 0 Å². The summed E-state index contributed by atoms with van der Waals surface area (Å²) in [5.74, 6) is -0.164. The van der Waals surface area contributed by atoms with Gasteiger partial charge in [0.25, 0.3) is 0 Å². The van der Waals surface area contributed by atoms with Crippen LogP contribution in [0.1, 0.15) is 21.7 Å². The Balaban J connectivity index is 1.92. The summed E-state index contributed by atoms with van der Waals surface area (Å²) in [4.78, 5) is 11.3. The van der Waals surface area contributed by atoms with Crippen molar-refractivity contribution in [1.82, 2.24) is 0 Å². The van der Waals surface area contributed by atoms with E-state index in [0.29, 0.717) is 38.1 Å². The van der Waals surface area contributed by atoms with Gasteiger partial charge in [-0.2, -0.15) is 0 Å². The predicted octanol–water partition coefficient (Wildman–Crippen LogP) is 5.33. The summed E-state index contributed by atoms with van der Waals surface area (Å²) in [5.41, 5.74) is 1.32. The van der Waals surface area contributed by atoms with Crippen molar-refractivity contribution in [2.24, 2.45) is 0 Å². The topological polar surface area (TPSA) is 59.7 Å². The van der Waals surface area contributed by atoms with Crippen LogP contribution >= 0.6 is 23.2 Å². The van der Waals surface area contributed by atoms with E-state index >= 15 is 0 Å². The van der Waals surface area contributed by atoms with Gasteiger partial charge in [-0.3, -0.25) is 0 Å². The third-order valence-electron chi connectivity index (χ3n) is 3.49. The smallest absolute Gasteiger partial charge is 0.339 e. The molecule has 3 rings (SSSR count). The fraction of sp³-hybridized carbons (Fsp3) is 0.118. The van der Waals surface area contributed by atoms with Crippen molar-refractivity contribution in [3.8, 4) is 5.75 Å². The van der Waals surface area contributed by atoms with Crippen LogP contribution in [0.15, 0.2) is 40.8 Å². The van der Waals surface area contributed by atoms with Crippen LogP contribution in [0.2, 0.25) is 10.0 Å². The lowest BCUT2D eigenvalue weighted by Gasteiger charge is -2.09. The van der Waals surface area contributed by atoms with Crippen LogP contribution in [-0.4, -0.2) is 11.1 Å². The average Bonchev–Trinajstić information content (AvgIpc) is 2.82. The Labute approximate surface area is 142 Å². The first-order valence-electron chi connectivity index (χ1n) is 6.79. The van der Waals surface area contributed by atoms with Crippen LogP contribution in [-0.2, 0) is 6.61 Å². The maximum absolute atomic E-state index is 11.3. The van der Waals surface area contributed by atoms with Crippen LogP contribution < -0.4 is 4.74 Å². The Hall–Kier alpha value is -2.17. The standard InChI is InChI=1S/C17H12Cl2O4/c1-9-16(17(20)21)11-7-10(5-6-15(11)23-9)22-8-12-13(18)3-2-4-14(12)19/h2-7H,8H2,1H3,(H,20,21). The van der Waals surface area contributed by atoms with Crippen molar-refractivity contribution in [1.29, 1.82) is 0 Å². The maximum atomic E-state index is 11.3. The third kappa shape index (κ3) is 3.00. The molecule has 0 unspecified atom stereocenters. The molecule has 0 aliphatic heterocycles. The fourth-order valence-corrected chi connectivity index (χ4v) is 2.89. The lowest BCUT2D eigenvalue weighted by molar-refractivity contribution is 0.0697. The van der Waals surface area contributed by atoms with Crippen molar-refractivity contribution in [2.75, 3.05) is 0 Å². The molecule has 0 radical (unpaired) electrons. The van der Waals surface area contributed by atoms with E-state index in [4.69, 9.17) is 32.4 Å². The van der Waals surface area contributed by atoms with E-state index < -0.39 is 5.97 Å². The number of carboxylic acids is 1. The molecule has 1 heterocycles. The molecular weight excluding hydrogens is 339 g/mol. The molecule has 0 saturated heterocycles. The first-order chi connectivity index (χ1) is 11.0. The van der Waals surface area contributed by atoms with Gasteiger partial charge >= 0.3 is 5.97 Å². The number of rotatable bonds is 4. The molecule has 6 heteroatoms. The zero-order valence-electron chi connectivity index (χ0n) is 12.1. The number of carboxylic acid groups (broad SMARTS) is 1. The van der Waals surface area contributed by atoms with Crippen molar-refractivity contribution in [2.45, 2.75) is 13.5 Å². The lowest BCUT2D eigenvalue weighted by atomic mass is 10.1.